The van der Waals surface area contributed by atoms with Gasteiger partial charge in [-0.15, -0.1) is 0 Å². The zero-order valence-corrected chi connectivity index (χ0v) is 8.64. The van der Waals surface area contributed by atoms with E-state index in [0.717, 1.165) is 6.07 Å². The summed E-state index contributed by atoms with van der Waals surface area (Å²) in [6.45, 7) is 3.57. The number of hydrogen-bond acceptors (Lipinski definition) is 2. The topological polar surface area (TPSA) is 55.1 Å². The maximum absolute atomic E-state index is 12.7. The number of rotatable bonds is 3. The van der Waals surface area contributed by atoms with Crippen LogP contribution in [0.2, 0.25) is 0 Å². The number of halogens is 2. The lowest BCUT2D eigenvalue weighted by molar-refractivity contribution is 0.0958. The lowest BCUT2D eigenvalue weighted by atomic mass is 10.1. The summed E-state index contributed by atoms with van der Waals surface area (Å²) in [5.41, 5.74) is 5.78. The molecule has 1 aromatic carbocycles. The van der Waals surface area contributed by atoms with Gasteiger partial charge in [0.1, 0.15) is 5.82 Å². The molecular formula is C10H10ClFN2O. The summed E-state index contributed by atoms with van der Waals surface area (Å²) < 4.78 is 12.7. The van der Waals surface area contributed by atoms with Crippen molar-refractivity contribution in [2.24, 2.45) is 0 Å². The van der Waals surface area contributed by atoms with E-state index in [1.807, 2.05) is 0 Å². The zero-order chi connectivity index (χ0) is 11.4. The lowest BCUT2D eigenvalue weighted by Gasteiger charge is -2.06. The highest BCUT2D eigenvalue weighted by Crippen LogP contribution is 2.13. The molecule has 1 aromatic rings. The monoisotopic (exact) mass is 228 g/mol. The van der Waals surface area contributed by atoms with Gasteiger partial charge < -0.3 is 11.1 Å². The van der Waals surface area contributed by atoms with E-state index < -0.39 is 11.7 Å². The Balaban J connectivity index is 2.78. The third-order valence-electron chi connectivity index (χ3n) is 1.70. The van der Waals surface area contributed by atoms with Crippen molar-refractivity contribution in [1.29, 1.82) is 0 Å². The van der Waals surface area contributed by atoms with Crippen LogP contribution in [-0.4, -0.2) is 12.5 Å². The van der Waals surface area contributed by atoms with Crippen molar-refractivity contribution in [1.82, 2.24) is 5.32 Å². The van der Waals surface area contributed by atoms with E-state index >= 15 is 0 Å². The van der Waals surface area contributed by atoms with Crippen LogP contribution in [0.5, 0.6) is 0 Å². The van der Waals surface area contributed by atoms with Crippen molar-refractivity contribution >= 4 is 23.2 Å². The molecular weight excluding hydrogens is 219 g/mol. The molecule has 0 aliphatic carbocycles. The van der Waals surface area contributed by atoms with Crippen molar-refractivity contribution < 1.29 is 9.18 Å². The van der Waals surface area contributed by atoms with Gasteiger partial charge in [-0.25, -0.2) is 4.39 Å². The largest absolute Gasteiger partial charge is 0.398 e. The Kier molecular flexibility index (Phi) is 3.68. The van der Waals surface area contributed by atoms with Crippen LogP contribution in [0.15, 0.2) is 29.8 Å². The molecule has 0 atom stereocenters. The van der Waals surface area contributed by atoms with E-state index in [0.29, 0.717) is 5.03 Å². The smallest absolute Gasteiger partial charge is 0.253 e. The summed E-state index contributed by atoms with van der Waals surface area (Å²) in [5, 5.41) is 2.80. The van der Waals surface area contributed by atoms with Gasteiger partial charge in [0.25, 0.3) is 5.91 Å². The lowest BCUT2D eigenvalue weighted by Crippen LogP contribution is -2.25. The average Bonchev–Trinajstić information content (AvgIpc) is 2.14. The number of benzene rings is 1. The van der Waals surface area contributed by atoms with E-state index in [1.54, 1.807) is 0 Å². The molecule has 1 rings (SSSR count). The first-order chi connectivity index (χ1) is 7.00. The summed E-state index contributed by atoms with van der Waals surface area (Å²) in [5.74, 6) is -0.889. The Hall–Kier alpha value is -1.55. The summed E-state index contributed by atoms with van der Waals surface area (Å²) in [4.78, 5) is 11.5. The van der Waals surface area contributed by atoms with Crippen LogP contribution in [0.3, 0.4) is 0 Å². The second kappa shape index (κ2) is 4.79. The Morgan fingerprint density at radius 2 is 2.27 bits per heavy atom. The third kappa shape index (κ3) is 3.25. The summed E-state index contributed by atoms with van der Waals surface area (Å²) >= 11 is 5.47. The Morgan fingerprint density at radius 1 is 1.60 bits per heavy atom. The Morgan fingerprint density at radius 3 is 2.80 bits per heavy atom. The molecule has 0 spiro atoms. The second-order valence-corrected chi connectivity index (χ2v) is 3.47. The number of nitrogen functional groups attached to an aromatic ring is 1. The van der Waals surface area contributed by atoms with E-state index in [9.17, 15) is 9.18 Å². The molecule has 0 bridgehead atoms. The third-order valence-corrected chi connectivity index (χ3v) is 1.83. The molecule has 80 valence electrons. The van der Waals surface area contributed by atoms with E-state index in [-0.39, 0.29) is 17.8 Å². The molecule has 0 aliphatic rings. The van der Waals surface area contributed by atoms with Crippen molar-refractivity contribution in [3.05, 3.63) is 41.2 Å². The predicted molar refractivity (Wildman–Crippen MR) is 58.1 cm³/mol. The maximum atomic E-state index is 12.7. The molecule has 0 aliphatic heterocycles. The van der Waals surface area contributed by atoms with Gasteiger partial charge in [-0.1, -0.05) is 18.2 Å². The second-order valence-electron chi connectivity index (χ2n) is 2.93. The fraction of sp³-hybridized carbons (Fsp3) is 0.100. The van der Waals surface area contributed by atoms with Crippen LogP contribution in [0.25, 0.3) is 0 Å². The SMILES string of the molecule is C=C(Cl)CNC(=O)c1ccc(F)cc1N. The summed E-state index contributed by atoms with van der Waals surface area (Å²) in [7, 11) is 0. The number of nitrogens with two attached hydrogens (primary N) is 1. The van der Waals surface area contributed by atoms with Crippen molar-refractivity contribution in [2.45, 2.75) is 0 Å². The summed E-state index contributed by atoms with van der Waals surface area (Å²) in [6, 6.07) is 3.57. The minimum Gasteiger partial charge on any atom is -0.398 e. The minimum absolute atomic E-state index is 0.0904. The highest BCUT2D eigenvalue weighted by Gasteiger charge is 2.09. The van der Waals surface area contributed by atoms with E-state index in [1.165, 1.54) is 12.1 Å². The Labute approximate surface area is 91.7 Å². The zero-order valence-electron chi connectivity index (χ0n) is 7.89. The van der Waals surface area contributed by atoms with Crippen LogP contribution in [0.1, 0.15) is 10.4 Å². The van der Waals surface area contributed by atoms with Crippen LogP contribution in [0.4, 0.5) is 10.1 Å². The molecule has 3 nitrogen and oxygen atoms in total. The van der Waals surface area contributed by atoms with Gasteiger partial charge in [-0.2, -0.15) is 0 Å². The number of nitrogens with one attached hydrogen (secondary N) is 1. The van der Waals surface area contributed by atoms with E-state index in [4.69, 9.17) is 17.3 Å². The molecule has 3 N–H and O–H groups in total. The molecule has 0 saturated heterocycles. The molecule has 0 unspecified atom stereocenters. The van der Waals surface area contributed by atoms with Gasteiger partial charge in [0.2, 0.25) is 0 Å². The fourth-order valence-corrected chi connectivity index (χ4v) is 1.08. The molecule has 0 radical (unpaired) electrons. The maximum Gasteiger partial charge on any atom is 0.253 e. The number of amides is 1. The van der Waals surface area contributed by atoms with Gasteiger partial charge in [-0.05, 0) is 18.2 Å². The molecule has 0 aromatic heterocycles. The van der Waals surface area contributed by atoms with Crippen LogP contribution in [0, 0.1) is 5.82 Å². The quantitative estimate of drug-likeness (QED) is 0.777. The molecule has 1 amide bonds. The number of hydrogen-bond donors (Lipinski definition) is 2. The van der Waals surface area contributed by atoms with Crippen molar-refractivity contribution in [3.63, 3.8) is 0 Å². The minimum atomic E-state index is -0.481. The van der Waals surface area contributed by atoms with E-state index in [2.05, 4.69) is 11.9 Å². The first kappa shape index (κ1) is 11.5. The highest BCUT2D eigenvalue weighted by atomic mass is 35.5. The van der Waals surface area contributed by atoms with Gasteiger partial charge in [-0.3, -0.25) is 4.79 Å². The standard InChI is InChI=1S/C10H10ClFN2O/c1-6(11)5-14-10(15)8-3-2-7(12)4-9(8)13/h2-4H,1,5,13H2,(H,14,15). The first-order valence-electron chi connectivity index (χ1n) is 4.17. The first-order valence-corrected chi connectivity index (χ1v) is 4.55. The molecule has 0 heterocycles. The normalized spacial score (nSPS) is 9.73. The summed E-state index contributed by atoms with van der Waals surface area (Å²) in [6.07, 6.45) is 0. The average molecular weight is 229 g/mol. The van der Waals surface area contributed by atoms with Gasteiger partial charge in [0, 0.05) is 10.7 Å². The Bertz CT molecular complexity index is 406. The van der Waals surface area contributed by atoms with Crippen LogP contribution < -0.4 is 11.1 Å². The van der Waals surface area contributed by atoms with Gasteiger partial charge in [0.05, 0.1) is 12.1 Å². The number of anilines is 1. The van der Waals surface area contributed by atoms with Gasteiger partial charge in [0.15, 0.2) is 0 Å². The van der Waals surface area contributed by atoms with Crippen LogP contribution in [-0.2, 0) is 0 Å². The predicted octanol–water partition coefficient (Wildman–Crippen LogP) is 1.89. The molecule has 15 heavy (non-hydrogen) atoms. The number of carbonyl (C=O) groups excluding carboxylic acids is 1. The molecule has 0 saturated carbocycles. The van der Waals surface area contributed by atoms with Crippen molar-refractivity contribution in [3.8, 4) is 0 Å². The molecule has 0 fully saturated rings. The van der Waals surface area contributed by atoms with Gasteiger partial charge >= 0.3 is 0 Å². The number of carbonyl (C=O) groups is 1. The molecule has 5 heteroatoms. The van der Waals surface area contributed by atoms with Crippen LogP contribution >= 0.6 is 11.6 Å². The fourth-order valence-electron chi connectivity index (χ4n) is 1.01. The van der Waals surface area contributed by atoms with Crippen molar-refractivity contribution in [2.75, 3.05) is 12.3 Å². The highest BCUT2D eigenvalue weighted by molar-refractivity contribution is 6.29.